The van der Waals surface area contributed by atoms with E-state index in [1.807, 2.05) is 0 Å². The van der Waals surface area contributed by atoms with Crippen LogP contribution in [0.25, 0.3) is 0 Å². The normalized spacial score (nSPS) is 39.5. The van der Waals surface area contributed by atoms with Gasteiger partial charge in [0.25, 0.3) is 0 Å². The Bertz CT molecular complexity index is 686. The quantitative estimate of drug-likeness (QED) is 0.256. The standard InChI is InChI=1S/C19H26O11/c20-6-10-13(21)14(22)11(7-27-10)29-19-17(25)16(24)15(23)12(30-19)8-28-18(26)9-4-2-1-3-5-9/h1-5,10-17,19-25H,6-8H2/t10-,11?,12?,13?,14?,15?,16?,17?,19?/m1/s1. The van der Waals surface area contributed by atoms with Gasteiger partial charge in [-0.05, 0) is 12.1 Å². The summed E-state index contributed by atoms with van der Waals surface area (Å²) in [6.07, 6.45) is -12.7. The molecule has 2 fully saturated rings. The van der Waals surface area contributed by atoms with E-state index in [1.54, 1.807) is 30.3 Å². The molecule has 2 saturated heterocycles. The van der Waals surface area contributed by atoms with Gasteiger partial charge in [-0.1, -0.05) is 18.2 Å². The molecule has 0 aliphatic carbocycles. The third-order valence-electron chi connectivity index (χ3n) is 5.13. The molecule has 168 valence electrons. The van der Waals surface area contributed by atoms with Crippen molar-refractivity contribution in [1.29, 1.82) is 0 Å². The van der Waals surface area contributed by atoms with Gasteiger partial charge in [0.15, 0.2) is 6.29 Å². The minimum absolute atomic E-state index is 0.220. The average Bonchev–Trinajstić information content (AvgIpc) is 2.76. The van der Waals surface area contributed by atoms with E-state index in [0.29, 0.717) is 0 Å². The van der Waals surface area contributed by atoms with E-state index in [-0.39, 0.29) is 12.2 Å². The number of esters is 1. The Morgan fingerprint density at radius 3 is 2.27 bits per heavy atom. The Hall–Kier alpha value is -1.67. The summed E-state index contributed by atoms with van der Waals surface area (Å²) in [6.45, 7) is -1.16. The van der Waals surface area contributed by atoms with Crippen LogP contribution in [0.3, 0.4) is 0 Å². The number of rotatable bonds is 6. The number of carbonyl (C=O) groups excluding carboxylic acids is 1. The van der Waals surface area contributed by atoms with Crippen LogP contribution in [0.4, 0.5) is 0 Å². The summed E-state index contributed by atoms with van der Waals surface area (Å²) in [5, 5.41) is 59.6. The van der Waals surface area contributed by atoms with Crippen LogP contribution in [0.2, 0.25) is 0 Å². The van der Waals surface area contributed by atoms with Gasteiger partial charge in [-0.3, -0.25) is 0 Å². The molecule has 2 aliphatic heterocycles. The second-order valence-electron chi connectivity index (χ2n) is 7.19. The van der Waals surface area contributed by atoms with Gasteiger partial charge in [0.05, 0.1) is 18.8 Å². The zero-order valence-electron chi connectivity index (χ0n) is 15.9. The maximum absolute atomic E-state index is 12.1. The van der Waals surface area contributed by atoms with Gasteiger partial charge >= 0.3 is 5.97 Å². The number of hydrogen-bond acceptors (Lipinski definition) is 11. The summed E-state index contributed by atoms with van der Waals surface area (Å²) in [4.78, 5) is 12.1. The molecule has 3 rings (SSSR count). The molecule has 11 heteroatoms. The fourth-order valence-corrected chi connectivity index (χ4v) is 3.29. The van der Waals surface area contributed by atoms with Crippen molar-refractivity contribution in [2.75, 3.05) is 19.8 Å². The van der Waals surface area contributed by atoms with E-state index in [1.165, 1.54) is 0 Å². The molecule has 0 saturated carbocycles. The molecule has 0 amide bonds. The molecule has 6 N–H and O–H groups in total. The summed E-state index contributed by atoms with van der Waals surface area (Å²) in [5.74, 6) is -0.668. The van der Waals surface area contributed by atoms with Gasteiger partial charge in [-0.2, -0.15) is 0 Å². The molecule has 2 aliphatic rings. The number of hydrogen-bond donors (Lipinski definition) is 6. The first-order valence-corrected chi connectivity index (χ1v) is 9.49. The zero-order chi connectivity index (χ0) is 21.8. The van der Waals surface area contributed by atoms with Crippen LogP contribution in [-0.2, 0) is 18.9 Å². The largest absolute Gasteiger partial charge is 0.459 e. The summed E-state index contributed by atoms with van der Waals surface area (Å²) in [5.41, 5.74) is 0.283. The van der Waals surface area contributed by atoms with Gasteiger partial charge in [0.2, 0.25) is 0 Å². The molecule has 0 spiro atoms. The van der Waals surface area contributed by atoms with Crippen molar-refractivity contribution in [1.82, 2.24) is 0 Å². The van der Waals surface area contributed by atoms with Crippen LogP contribution in [0, 0.1) is 0 Å². The van der Waals surface area contributed by atoms with Crippen LogP contribution in [-0.4, -0.2) is 112 Å². The van der Waals surface area contributed by atoms with E-state index < -0.39 is 74.3 Å². The number of aliphatic hydroxyl groups is 6. The van der Waals surface area contributed by atoms with Crippen molar-refractivity contribution in [2.45, 2.75) is 55.1 Å². The molecule has 2 heterocycles. The average molecular weight is 430 g/mol. The molecule has 1 aromatic carbocycles. The first-order valence-electron chi connectivity index (χ1n) is 9.49. The molecule has 0 radical (unpaired) electrons. The molecule has 0 bridgehead atoms. The number of carbonyl (C=O) groups is 1. The summed E-state index contributed by atoms with van der Waals surface area (Å²) < 4.78 is 21.2. The maximum atomic E-state index is 12.1. The fourth-order valence-electron chi connectivity index (χ4n) is 3.29. The Kier molecular flexibility index (Phi) is 7.74. The minimum atomic E-state index is -1.68. The summed E-state index contributed by atoms with van der Waals surface area (Å²) in [7, 11) is 0. The number of benzene rings is 1. The van der Waals surface area contributed by atoms with Crippen molar-refractivity contribution in [3.05, 3.63) is 35.9 Å². The highest BCUT2D eigenvalue weighted by molar-refractivity contribution is 5.89. The number of aliphatic hydroxyl groups excluding tert-OH is 6. The molecule has 1 aromatic rings. The lowest BCUT2D eigenvalue weighted by molar-refractivity contribution is -0.331. The second-order valence-corrected chi connectivity index (χ2v) is 7.19. The van der Waals surface area contributed by atoms with Gasteiger partial charge in [-0.15, -0.1) is 0 Å². The minimum Gasteiger partial charge on any atom is -0.459 e. The smallest absolute Gasteiger partial charge is 0.338 e. The Morgan fingerprint density at radius 1 is 0.933 bits per heavy atom. The monoisotopic (exact) mass is 430 g/mol. The summed E-state index contributed by atoms with van der Waals surface area (Å²) in [6, 6.07) is 8.12. The van der Waals surface area contributed by atoms with Gasteiger partial charge in [-0.25, -0.2) is 4.79 Å². The van der Waals surface area contributed by atoms with Crippen molar-refractivity contribution in [3.8, 4) is 0 Å². The van der Waals surface area contributed by atoms with E-state index in [0.717, 1.165) is 0 Å². The van der Waals surface area contributed by atoms with Crippen molar-refractivity contribution < 1.29 is 54.4 Å². The molecular weight excluding hydrogens is 404 g/mol. The lowest BCUT2D eigenvalue weighted by Crippen LogP contribution is -2.62. The lowest BCUT2D eigenvalue weighted by atomic mass is 9.98. The zero-order valence-corrected chi connectivity index (χ0v) is 15.9. The maximum Gasteiger partial charge on any atom is 0.338 e. The molecule has 9 atom stereocenters. The highest BCUT2D eigenvalue weighted by atomic mass is 16.7. The van der Waals surface area contributed by atoms with Crippen LogP contribution in [0.1, 0.15) is 10.4 Å². The highest BCUT2D eigenvalue weighted by Crippen LogP contribution is 2.26. The molecule has 8 unspecified atom stereocenters. The van der Waals surface area contributed by atoms with E-state index in [4.69, 9.17) is 24.1 Å². The van der Waals surface area contributed by atoms with Crippen molar-refractivity contribution in [3.63, 3.8) is 0 Å². The summed E-state index contributed by atoms with van der Waals surface area (Å²) >= 11 is 0. The van der Waals surface area contributed by atoms with Gasteiger partial charge in [0.1, 0.15) is 55.4 Å². The van der Waals surface area contributed by atoms with Crippen LogP contribution < -0.4 is 0 Å². The molecular formula is C19H26O11. The first kappa shape index (κ1) is 23.0. The van der Waals surface area contributed by atoms with E-state index in [2.05, 4.69) is 0 Å². The fraction of sp³-hybridized carbons (Fsp3) is 0.632. The molecule has 30 heavy (non-hydrogen) atoms. The Labute approximate surface area is 172 Å². The molecule has 11 nitrogen and oxygen atoms in total. The van der Waals surface area contributed by atoms with Crippen LogP contribution >= 0.6 is 0 Å². The Morgan fingerprint density at radius 2 is 1.60 bits per heavy atom. The molecule has 0 aromatic heterocycles. The highest BCUT2D eigenvalue weighted by Gasteiger charge is 2.48. The van der Waals surface area contributed by atoms with E-state index in [9.17, 15) is 30.3 Å². The second kappa shape index (κ2) is 10.1. The topological polar surface area (TPSA) is 175 Å². The number of ether oxygens (including phenoxy) is 4. The lowest BCUT2D eigenvalue weighted by Gasteiger charge is -2.43. The predicted octanol–water partition coefficient (Wildman–Crippen LogP) is -2.85. The third-order valence-corrected chi connectivity index (χ3v) is 5.13. The van der Waals surface area contributed by atoms with Crippen LogP contribution in [0.5, 0.6) is 0 Å². The predicted molar refractivity (Wildman–Crippen MR) is 97.1 cm³/mol. The van der Waals surface area contributed by atoms with Crippen LogP contribution in [0.15, 0.2) is 30.3 Å². The van der Waals surface area contributed by atoms with Crippen molar-refractivity contribution >= 4 is 5.97 Å². The first-order chi connectivity index (χ1) is 14.3. The van der Waals surface area contributed by atoms with Gasteiger partial charge < -0.3 is 49.6 Å². The van der Waals surface area contributed by atoms with Crippen molar-refractivity contribution in [2.24, 2.45) is 0 Å². The third kappa shape index (κ3) is 4.97. The van der Waals surface area contributed by atoms with E-state index >= 15 is 0 Å². The Balaban J connectivity index is 1.61. The SMILES string of the molecule is O=C(OCC1OC(OC2CO[C@H](CO)C(O)C2O)C(O)C(O)C1O)c1ccccc1. The van der Waals surface area contributed by atoms with Gasteiger partial charge in [0, 0.05) is 0 Å².